The molecule has 0 radical (unpaired) electrons. The number of H-pyrrole nitrogens is 3. The number of nitrogens with one attached hydrogen (secondary N) is 4. The molecule has 0 aliphatic heterocycles. The minimum atomic E-state index is 0.470. The molecular formula is C10H9N9S2. The van der Waals surface area contributed by atoms with Gasteiger partial charge in [0.2, 0.25) is 5.95 Å². The van der Waals surface area contributed by atoms with E-state index in [1.54, 1.807) is 18.9 Å². The second kappa shape index (κ2) is 5.85. The summed E-state index contributed by atoms with van der Waals surface area (Å²) in [4.78, 5) is 28.2. The molecule has 0 saturated heterocycles. The SMILES string of the molecule is S=c1nc(NS)[nH]c2nc[nH]c12.c1ncc2[nH]cnc2n1. The van der Waals surface area contributed by atoms with E-state index in [4.69, 9.17) is 12.2 Å². The van der Waals surface area contributed by atoms with E-state index in [0.717, 1.165) is 11.0 Å². The van der Waals surface area contributed by atoms with Crippen molar-refractivity contribution in [3.05, 3.63) is 29.8 Å². The molecular weight excluding hydrogens is 310 g/mol. The third-order valence-electron chi connectivity index (χ3n) is 2.51. The fourth-order valence-electron chi connectivity index (χ4n) is 1.59. The van der Waals surface area contributed by atoms with Gasteiger partial charge in [-0.3, -0.25) is 0 Å². The average molecular weight is 319 g/mol. The van der Waals surface area contributed by atoms with Crippen molar-refractivity contribution in [1.29, 1.82) is 0 Å². The van der Waals surface area contributed by atoms with E-state index < -0.39 is 0 Å². The van der Waals surface area contributed by atoms with Crippen LogP contribution in [-0.2, 0) is 0 Å². The smallest absolute Gasteiger partial charge is 0.213 e. The monoisotopic (exact) mass is 319 g/mol. The molecule has 4 heterocycles. The Bertz CT molecular complexity index is 894. The Hall–Kier alpha value is -2.53. The summed E-state index contributed by atoms with van der Waals surface area (Å²) < 4.78 is 3.03. The largest absolute Gasteiger partial charge is 0.342 e. The molecule has 4 aromatic heterocycles. The van der Waals surface area contributed by atoms with Gasteiger partial charge in [0.1, 0.15) is 17.4 Å². The number of hydrogen-bond donors (Lipinski definition) is 5. The van der Waals surface area contributed by atoms with Crippen molar-refractivity contribution < 1.29 is 0 Å². The number of aromatic amines is 3. The molecule has 0 bridgehead atoms. The molecule has 0 aromatic carbocycles. The molecule has 106 valence electrons. The lowest BCUT2D eigenvalue weighted by Crippen LogP contribution is -1.92. The Balaban J connectivity index is 0.000000131. The van der Waals surface area contributed by atoms with Crippen LogP contribution in [-0.4, -0.2) is 39.9 Å². The van der Waals surface area contributed by atoms with Gasteiger partial charge < -0.3 is 19.7 Å². The summed E-state index contributed by atoms with van der Waals surface area (Å²) in [5.74, 6) is 0.489. The van der Waals surface area contributed by atoms with Crippen molar-refractivity contribution in [3.63, 3.8) is 0 Å². The van der Waals surface area contributed by atoms with Gasteiger partial charge in [-0.25, -0.2) is 24.9 Å². The van der Waals surface area contributed by atoms with E-state index in [9.17, 15) is 0 Å². The van der Waals surface area contributed by atoms with Crippen LogP contribution in [0.15, 0.2) is 25.2 Å². The molecule has 4 aromatic rings. The molecule has 0 amide bonds. The summed E-state index contributed by atoms with van der Waals surface area (Å²) in [6.07, 6.45) is 6.32. The van der Waals surface area contributed by atoms with E-state index in [-0.39, 0.29) is 0 Å². The summed E-state index contributed by atoms with van der Waals surface area (Å²) in [5, 5.41) is 0. The molecule has 0 fully saturated rings. The lowest BCUT2D eigenvalue weighted by Gasteiger charge is -1.96. The van der Waals surface area contributed by atoms with Crippen molar-refractivity contribution in [2.24, 2.45) is 0 Å². The van der Waals surface area contributed by atoms with Crippen molar-refractivity contribution in [2.45, 2.75) is 0 Å². The molecule has 9 nitrogen and oxygen atoms in total. The lowest BCUT2D eigenvalue weighted by atomic mass is 10.6. The summed E-state index contributed by atoms with van der Waals surface area (Å²) in [6.45, 7) is 0. The number of imidazole rings is 2. The van der Waals surface area contributed by atoms with Crippen LogP contribution in [0.5, 0.6) is 0 Å². The fourth-order valence-corrected chi connectivity index (χ4v) is 1.95. The third-order valence-corrected chi connectivity index (χ3v) is 3.01. The zero-order valence-electron chi connectivity index (χ0n) is 10.4. The lowest BCUT2D eigenvalue weighted by molar-refractivity contribution is 1.20. The summed E-state index contributed by atoms with van der Waals surface area (Å²) in [6, 6.07) is 0. The summed E-state index contributed by atoms with van der Waals surface area (Å²) >= 11 is 8.82. The highest BCUT2D eigenvalue weighted by atomic mass is 32.1. The average Bonchev–Trinajstić information content (AvgIpc) is 3.16. The zero-order valence-corrected chi connectivity index (χ0v) is 12.1. The maximum absolute atomic E-state index is 4.98. The van der Waals surface area contributed by atoms with Crippen LogP contribution >= 0.6 is 25.0 Å². The predicted molar refractivity (Wildman–Crippen MR) is 83.4 cm³/mol. The molecule has 0 unspecified atom stereocenters. The molecule has 0 saturated carbocycles. The van der Waals surface area contributed by atoms with Gasteiger partial charge in [0.15, 0.2) is 15.9 Å². The van der Waals surface area contributed by atoms with Gasteiger partial charge >= 0.3 is 0 Å². The number of hydrogen-bond acceptors (Lipinski definition) is 8. The van der Waals surface area contributed by atoms with Crippen molar-refractivity contribution in [3.8, 4) is 0 Å². The molecule has 0 atom stereocenters. The standard InChI is InChI=1S/C5H5N5S2.C5H4N4/c11-4-2-3(7-1-6-2)8-5(9-4)10-12;1-4-5(8-2-6-1)9-3-7-4/h1,12H,(H3,6,7,8,9,10,11);1-3H,(H,6,7,8,9). The van der Waals surface area contributed by atoms with Gasteiger partial charge in [-0.1, -0.05) is 25.0 Å². The quantitative estimate of drug-likeness (QED) is 0.267. The Morgan fingerprint density at radius 1 is 1.14 bits per heavy atom. The minimum Gasteiger partial charge on any atom is -0.342 e. The van der Waals surface area contributed by atoms with Crippen molar-refractivity contribution >= 4 is 53.3 Å². The van der Waals surface area contributed by atoms with Gasteiger partial charge in [-0.05, 0) is 0 Å². The zero-order chi connectivity index (χ0) is 14.7. The highest BCUT2D eigenvalue weighted by Crippen LogP contribution is 2.09. The van der Waals surface area contributed by atoms with Crippen molar-refractivity contribution in [1.82, 2.24) is 39.9 Å². The molecule has 0 spiro atoms. The van der Waals surface area contributed by atoms with Crippen LogP contribution in [0.1, 0.15) is 0 Å². The van der Waals surface area contributed by atoms with E-state index in [2.05, 4.69) is 57.4 Å². The number of nitrogens with zero attached hydrogens (tertiary/aromatic N) is 5. The fraction of sp³-hybridized carbons (Fsp3) is 0. The van der Waals surface area contributed by atoms with Gasteiger partial charge in [0.25, 0.3) is 0 Å². The molecule has 11 heteroatoms. The maximum Gasteiger partial charge on any atom is 0.213 e. The van der Waals surface area contributed by atoms with E-state index in [1.807, 2.05) is 0 Å². The number of aromatic nitrogens is 8. The summed E-state index contributed by atoms with van der Waals surface area (Å²) in [5.41, 5.74) is 2.99. The topological polar surface area (TPSA) is 124 Å². The normalized spacial score (nSPS) is 10.3. The van der Waals surface area contributed by atoms with Crippen LogP contribution in [0.25, 0.3) is 22.3 Å². The van der Waals surface area contributed by atoms with Crippen LogP contribution in [0.4, 0.5) is 5.95 Å². The second-order valence-corrected chi connectivity index (χ2v) is 4.40. The first-order chi connectivity index (χ1) is 10.3. The molecule has 0 aliphatic rings. The first-order valence-electron chi connectivity index (χ1n) is 5.70. The Morgan fingerprint density at radius 3 is 2.81 bits per heavy atom. The first-order valence-corrected chi connectivity index (χ1v) is 6.56. The van der Waals surface area contributed by atoms with E-state index in [0.29, 0.717) is 21.9 Å². The maximum atomic E-state index is 4.98. The Kier molecular flexibility index (Phi) is 3.75. The second-order valence-electron chi connectivity index (χ2n) is 3.79. The van der Waals surface area contributed by atoms with Crippen molar-refractivity contribution in [2.75, 3.05) is 4.72 Å². The number of fused-ring (bicyclic) bond motifs is 2. The van der Waals surface area contributed by atoms with Crippen LogP contribution < -0.4 is 4.72 Å². The molecule has 21 heavy (non-hydrogen) atoms. The Labute approximate surface area is 128 Å². The van der Waals surface area contributed by atoms with Crippen LogP contribution in [0.3, 0.4) is 0 Å². The predicted octanol–water partition coefficient (Wildman–Crippen LogP) is 1.63. The third kappa shape index (κ3) is 2.83. The number of rotatable bonds is 1. The highest BCUT2D eigenvalue weighted by molar-refractivity contribution is 7.81. The van der Waals surface area contributed by atoms with Gasteiger partial charge in [-0.2, -0.15) is 0 Å². The van der Waals surface area contributed by atoms with Gasteiger partial charge in [-0.15, -0.1) is 0 Å². The Morgan fingerprint density at radius 2 is 2.00 bits per heavy atom. The number of thiol groups is 1. The van der Waals surface area contributed by atoms with E-state index in [1.165, 1.54) is 6.33 Å². The number of anilines is 1. The molecule has 4 rings (SSSR count). The van der Waals surface area contributed by atoms with E-state index >= 15 is 0 Å². The minimum absolute atomic E-state index is 0.470. The highest BCUT2D eigenvalue weighted by Gasteiger charge is 2.00. The summed E-state index contributed by atoms with van der Waals surface area (Å²) in [7, 11) is 0. The van der Waals surface area contributed by atoms with Gasteiger partial charge in [0, 0.05) is 0 Å². The molecule has 0 aliphatic carbocycles. The van der Waals surface area contributed by atoms with Crippen LogP contribution in [0.2, 0.25) is 0 Å². The van der Waals surface area contributed by atoms with Gasteiger partial charge in [0.05, 0.1) is 18.9 Å². The van der Waals surface area contributed by atoms with Crippen LogP contribution in [0, 0.1) is 4.64 Å². The first kappa shape index (κ1) is 13.5. The molecule has 4 N–H and O–H groups in total.